The number of hydrogen-bond acceptors (Lipinski definition) is 3. The number of carboxylic acids is 1. The molecule has 0 atom stereocenters. The summed E-state index contributed by atoms with van der Waals surface area (Å²) in [7, 11) is 0. The van der Waals surface area contributed by atoms with E-state index in [-0.39, 0.29) is 17.3 Å². The predicted molar refractivity (Wildman–Crippen MR) is 74.3 cm³/mol. The fourth-order valence-electron chi connectivity index (χ4n) is 2.46. The number of pyridine rings is 1. The lowest BCUT2D eigenvalue weighted by molar-refractivity contribution is 0.0693. The molecule has 0 bridgehead atoms. The highest BCUT2D eigenvalue weighted by Crippen LogP contribution is 2.29. The monoisotopic (exact) mass is 287 g/mol. The largest absolute Gasteiger partial charge is 0.477 e. The van der Waals surface area contributed by atoms with Crippen molar-refractivity contribution in [3.8, 4) is 11.6 Å². The second-order valence-electron chi connectivity index (χ2n) is 5.02. The summed E-state index contributed by atoms with van der Waals surface area (Å²) in [4.78, 5) is 15.7. The Labute approximate surface area is 121 Å². The molecule has 0 saturated heterocycles. The third kappa shape index (κ3) is 2.86. The second kappa shape index (κ2) is 5.52. The molecule has 1 aliphatic rings. The van der Waals surface area contributed by atoms with Crippen LogP contribution in [0.25, 0.3) is 0 Å². The molecular weight excluding hydrogens is 273 g/mol. The summed E-state index contributed by atoms with van der Waals surface area (Å²) < 4.78 is 18.4. The van der Waals surface area contributed by atoms with E-state index in [9.17, 15) is 14.3 Å². The molecule has 1 heterocycles. The van der Waals surface area contributed by atoms with E-state index in [0.29, 0.717) is 5.75 Å². The first-order valence-electron chi connectivity index (χ1n) is 6.83. The van der Waals surface area contributed by atoms with Crippen molar-refractivity contribution in [3.63, 3.8) is 0 Å². The zero-order chi connectivity index (χ0) is 14.8. The van der Waals surface area contributed by atoms with Gasteiger partial charge in [-0.2, -0.15) is 0 Å². The maximum atomic E-state index is 12.9. The Bertz CT molecular complexity index is 683. The van der Waals surface area contributed by atoms with E-state index < -0.39 is 5.97 Å². The molecule has 0 aliphatic heterocycles. The number of nitrogens with zero attached hydrogens (tertiary/aromatic N) is 1. The molecule has 0 saturated carbocycles. The van der Waals surface area contributed by atoms with E-state index in [1.165, 1.54) is 24.3 Å². The topological polar surface area (TPSA) is 59.4 Å². The van der Waals surface area contributed by atoms with E-state index >= 15 is 0 Å². The van der Waals surface area contributed by atoms with Crippen molar-refractivity contribution < 1.29 is 19.0 Å². The predicted octanol–water partition coefficient (Wildman–Crippen LogP) is 3.59. The molecule has 1 N–H and O–H groups in total. The summed E-state index contributed by atoms with van der Waals surface area (Å²) in [5.74, 6) is -1.02. The van der Waals surface area contributed by atoms with Crippen LogP contribution in [0.5, 0.6) is 11.6 Å². The van der Waals surface area contributed by atoms with Crippen molar-refractivity contribution >= 4 is 5.97 Å². The number of aryl methyl sites for hydroxylation is 2. The number of carboxylic acid groups (broad SMARTS) is 1. The average Bonchev–Trinajstić information content (AvgIpc) is 2.48. The number of aromatic carboxylic acids is 1. The molecule has 0 fully saturated rings. The Morgan fingerprint density at radius 1 is 1.19 bits per heavy atom. The van der Waals surface area contributed by atoms with Crippen molar-refractivity contribution in [2.45, 2.75) is 25.7 Å². The third-order valence-corrected chi connectivity index (χ3v) is 3.52. The van der Waals surface area contributed by atoms with Crippen LogP contribution in [0.3, 0.4) is 0 Å². The molecule has 0 spiro atoms. The molecule has 0 unspecified atom stereocenters. The van der Waals surface area contributed by atoms with Gasteiger partial charge in [0, 0.05) is 5.69 Å². The summed E-state index contributed by atoms with van der Waals surface area (Å²) in [6.07, 6.45) is 3.77. The molecule has 1 aromatic carbocycles. The number of rotatable bonds is 3. The van der Waals surface area contributed by atoms with Crippen LogP contribution in [-0.4, -0.2) is 16.1 Å². The van der Waals surface area contributed by atoms with Gasteiger partial charge in [-0.1, -0.05) is 0 Å². The standard InChI is InChI=1S/C16H14FNO3/c17-11-5-7-12(8-6-11)21-15-13(16(19)20)9-10-3-1-2-4-14(10)18-15/h5-9H,1-4H2,(H,19,20). The van der Waals surface area contributed by atoms with Gasteiger partial charge in [0.2, 0.25) is 5.88 Å². The summed E-state index contributed by atoms with van der Waals surface area (Å²) in [5.41, 5.74) is 1.91. The molecule has 108 valence electrons. The van der Waals surface area contributed by atoms with Crippen molar-refractivity contribution in [3.05, 3.63) is 53.0 Å². The minimum atomic E-state index is -1.08. The number of hydrogen-bond donors (Lipinski definition) is 1. The molecule has 1 aromatic heterocycles. The van der Waals surface area contributed by atoms with Crippen molar-refractivity contribution in [1.82, 2.24) is 4.98 Å². The van der Waals surface area contributed by atoms with Crippen LogP contribution in [0, 0.1) is 5.82 Å². The molecule has 3 rings (SSSR count). The quantitative estimate of drug-likeness (QED) is 0.937. The Morgan fingerprint density at radius 3 is 2.62 bits per heavy atom. The van der Waals surface area contributed by atoms with Crippen LogP contribution in [-0.2, 0) is 12.8 Å². The maximum absolute atomic E-state index is 12.9. The molecule has 4 nitrogen and oxygen atoms in total. The van der Waals surface area contributed by atoms with Gasteiger partial charge in [-0.05, 0) is 61.6 Å². The minimum Gasteiger partial charge on any atom is -0.477 e. The molecule has 1 aliphatic carbocycles. The maximum Gasteiger partial charge on any atom is 0.341 e. The summed E-state index contributed by atoms with van der Waals surface area (Å²) in [6.45, 7) is 0. The Balaban J connectivity index is 1.99. The summed E-state index contributed by atoms with van der Waals surface area (Å²) in [5, 5.41) is 9.31. The lowest BCUT2D eigenvalue weighted by Gasteiger charge is -2.17. The number of halogens is 1. The van der Waals surface area contributed by atoms with Gasteiger partial charge in [-0.15, -0.1) is 0 Å². The van der Waals surface area contributed by atoms with E-state index in [2.05, 4.69) is 4.98 Å². The highest BCUT2D eigenvalue weighted by Gasteiger charge is 2.20. The fourth-order valence-corrected chi connectivity index (χ4v) is 2.46. The van der Waals surface area contributed by atoms with Gasteiger partial charge in [0.1, 0.15) is 17.1 Å². The summed E-state index contributed by atoms with van der Waals surface area (Å²) >= 11 is 0. The van der Waals surface area contributed by atoms with Gasteiger partial charge in [0.15, 0.2) is 0 Å². The van der Waals surface area contributed by atoms with Crippen LogP contribution in [0.4, 0.5) is 4.39 Å². The Kier molecular flexibility index (Phi) is 3.56. The lowest BCUT2D eigenvalue weighted by Crippen LogP contribution is -2.11. The van der Waals surface area contributed by atoms with Crippen LogP contribution >= 0.6 is 0 Å². The first-order valence-corrected chi connectivity index (χ1v) is 6.83. The first-order chi connectivity index (χ1) is 10.1. The smallest absolute Gasteiger partial charge is 0.341 e. The molecule has 2 aromatic rings. The van der Waals surface area contributed by atoms with E-state index in [1.54, 1.807) is 6.07 Å². The number of benzene rings is 1. The van der Waals surface area contributed by atoms with Gasteiger partial charge < -0.3 is 9.84 Å². The number of ether oxygens (including phenoxy) is 1. The van der Waals surface area contributed by atoms with E-state index in [0.717, 1.165) is 36.9 Å². The highest BCUT2D eigenvalue weighted by atomic mass is 19.1. The fraction of sp³-hybridized carbons (Fsp3) is 0.250. The van der Waals surface area contributed by atoms with Gasteiger partial charge in [-0.3, -0.25) is 0 Å². The number of aromatic nitrogens is 1. The average molecular weight is 287 g/mol. The summed E-state index contributed by atoms with van der Waals surface area (Å²) in [6, 6.07) is 7.05. The molecule has 21 heavy (non-hydrogen) atoms. The van der Waals surface area contributed by atoms with Gasteiger partial charge in [0.05, 0.1) is 0 Å². The van der Waals surface area contributed by atoms with Gasteiger partial charge in [-0.25, -0.2) is 14.2 Å². The SMILES string of the molecule is O=C(O)c1cc2c(nc1Oc1ccc(F)cc1)CCCC2. The molecule has 0 amide bonds. The van der Waals surface area contributed by atoms with E-state index in [4.69, 9.17) is 4.74 Å². The van der Waals surface area contributed by atoms with Crippen LogP contribution in [0.2, 0.25) is 0 Å². The normalized spacial score (nSPS) is 13.6. The zero-order valence-corrected chi connectivity index (χ0v) is 11.3. The van der Waals surface area contributed by atoms with E-state index in [1.807, 2.05) is 0 Å². The number of carbonyl (C=O) groups is 1. The van der Waals surface area contributed by atoms with Gasteiger partial charge >= 0.3 is 5.97 Å². The molecule has 0 radical (unpaired) electrons. The zero-order valence-electron chi connectivity index (χ0n) is 11.3. The highest BCUT2D eigenvalue weighted by molar-refractivity contribution is 5.90. The molecule has 5 heteroatoms. The molecular formula is C16H14FNO3. The van der Waals surface area contributed by atoms with Crippen LogP contribution in [0.15, 0.2) is 30.3 Å². The minimum absolute atomic E-state index is 0.0416. The van der Waals surface area contributed by atoms with Crippen molar-refractivity contribution in [2.75, 3.05) is 0 Å². The third-order valence-electron chi connectivity index (χ3n) is 3.52. The van der Waals surface area contributed by atoms with Crippen molar-refractivity contribution in [1.29, 1.82) is 0 Å². The second-order valence-corrected chi connectivity index (χ2v) is 5.02. The lowest BCUT2D eigenvalue weighted by atomic mass is 9.95. The van der Waals surface area contributed by atoms with Gasteiger partial charge in [0.25, 0.3) is 0 Å². The van der Waals surface area contributed by atoms with Crippen LogP contribution < -0.4 is 4.74 Å². The number of fused-ring (bicyclic) bond motifs is 1. The van der Waals surface area contributed by atoms with Crippen LogP contribution in [0.1, 0.15) is 34.5 Å². The Morgan fingerprint density at radius 2 is 1.90 bits per heavy atom. The van der Waals surface area contributed by atoms with Crippen molar-refractivity contribution in [2.24, 2.45) is 0 Å². The Hall–Kier alpha value is -2.43. The first kappa shape index (κ1) is 13.5.